The van der Waals surface area contributed by atoms with Gasteiger partial charge in [-0.15, -0.1) is 0 Å². The van der Waals surface area contributed by atoms with Crippen LogP contribution >= 0.6 is 0 Å². The van der Waals surface area contributed by atoms with Gasteiger partial charge in [-0.05, 0) is 24.6 Å². The summed E-state index contributed by atoms with van der Waals surface area (Å²) in [6.45, 7) is 2.19. The molecule has 0 aromatic heterocycles. The van der Waals surface area contributed by atoms with Gasteiger partial charge in [0.25, 0.3) is 0 Å². The third kappa shape index (κ3) is 3.22. The second-order valence-electron chi connectivity index (χ2n) is 4.58. The molecule has 0 bridgehead atoms. The van der Waals surface area contributed by atoms with Crippen LogP contribution in [0, 0.1) is 17.0 Å². The molecule has 0 heterocycles. The lowest BCUT2D eigenvalue weighted by Crippen LogP contribution is -2.01. The van der Waals surface area contributed by atoms with E-state index in [-0.39, 0.29) is 17.2 Å². The molecule has 6 heteroatoms. The first kappa shape index (κ1) is 14.6. The summed E-state index contributed by atoms with van der Waals surface area (Å²) in [6, 6.07) is 10.1. The molecule has 110 valence electrons. The number of benzene rings is 2. The number of phenols is 1. The number of rotatable bonds is 5. The van der Waals surface area contributed by atoms with E-state index in [1.807, 2.05) is 19.1 Å². The maximum absolute atomic E-state index is 11.0. The number of nitrogens with one attached hydrogen (secondary N) is 1. The Morgan fingerprint density at radius 2 is 2.10 bits per heavy atom. The van der Waals surface area contributed by atoms with Crippen LogP contribution in [-0.2, 0) is 6.54 Å². The first-order valence-corrected chi connectivity index (χ1v) is 6.36. The number of anilines is 1. The number of nitro groups is 1. The van der Waals surface area contributed by atoms with Gasteiger partial charge in [0.1, 0.15) is 5.75 Å². The molecule has 21 heavy (non-hydrogen) atoms. The van der Waals surface area contributed by atoms with Crippen LogP contribution in [0.15, 0.2) is 36.4 Å². The minimum atomic E-state index is -0.492. The lowest BCUT2D eigenvalue weighted by molar-refractivity contribution is -0.385. The summed E-state index contributed by atoms with van der Waals surface area (Å²) in [7, 11) is 1.39. The molecule has 0 saturated heterocycles. The highest BCUT2D eigenvalue weighted by molar-refractivity contribution is 5.59. The molecule has 0 atom stereocenters. The zero-order valence-electron chi connectivity index (χ0n) is 11.8. The molecular weight excluding hydrogens is 272 g/mol. The van der Waals surface area contributed by atoms with Crippen molar-refractivity contribution >= 4 is 11.4 Å². The highest BCUT2D eigenvalue weighted by atomic mass is 16.6. The van der Waals surface area contributed by atoms with Crippen LogP contribution in [-0.4, -0.2) is 17.1 Å². The fraction of sp³-hybridized carbons (Fsp3) is 0.200. The first-order chi connectivity index (χ1) is 10.0. The Morgan fingerprint density at radius 3 is 2.76 bits per heavy atom. The number of hydrogen-bond donors (Lipinski definition) is 2. The average molecular weight is 288 g/mol. The Hall–Kier alpha value is -2.76. The number of aryl methyl sites for hydroxylation is 1. The van der Waals surface area contributed by atoms with Gasteiger partial charge in [-0.3, -0.25) is 10.1 Å². The van der Waals surface area contributed by atoms with Gasteiger partial charge in [0, 0.05) is 23.9 Å². The van der Waals surface area contributed by atoms with Gasteiger partial charge in [0.05, 0.1) is 12.0 Å². The third-order valence-corrected chi connectivity index (χ3v) is 3.18. The molecule has 0 fully saturated rings. The largest absolute Gasteiger partial charge is 0.507 e. The maximum Gasteiger partial charge on any atom is 0.312 e. The van der Waals surface area contributed by atoms with Gasteiger partial charge in [-0.25, -0.2) is 0 Å². The summed E-state index contributed by atoms with van der Waals surface area (Å²) in [5.74, 6) is 0.442. The van der Waals surface area contributed by atoms with Gasteiger partial charge in [-0.1, -0.05) is 18.2 Å². The SMILES string of the molecule is COc1ccc(NCc2cccc(C)c2O)cc1[N+](=O)[O-]. The van der Waals surface area contributed by atoms with E-state index in [1.54, 1.807) is 12.1 Å². The van der Waals surface area contributed by atoms with E-state index in [9.17, 15) is 15.2 Å². The van der Waals surface area contributed by atoms with Gasteiger partial charge < -0.3 is 15.2 Å². The van der Waals surface area contributed by atoms with Crippen molar-refractivity contribution < 1.29 is 14.8 Å². The molecule has 6 nitrogen and oxygen atoms in total. The topological polar surface area (TPSA) is 84.6 Å². The Morgan fingerprint density at radius 1 is 1.33 bits per heavy atom. The summed E-state index contributed by atoms with van der Waals surface area (Å²) in [4.78, 5) is 10.5. The van der Waals surface area contributed by atoms with E-state index in [1.165, 1.54) is 19.2 Å². The normalized spacial score (nSPS) is 10.2. The van der Waals surface area contributed by atoms with Crippen molar-refractivity contribution in [1.82, 2.24) is 0 Å². The van der Waals surface area contributed by atoms with Crippen LogP contribution in [0.4, 0.5) is 11.4 Å². The number of hydrogen-bond acceptors (Lipinski definition) is 5. The molecule has 2 rings (SSSR count). The number of ether oxygens (including phenoxy) is 1. The molecule has 0 aliphatic rings. The number of phenolic OH excluding ortho intramolecular Hbond substituents is 1. The van der Waals surface area contributed by atoms with Crippen LogP contribution in [0.2, 0.25) is 0 Å². The van der Waals surface area contributed by atoms with E-state index in [4.69, 9.17) is 4.74 Å². The fourth-order valence-corrected chi connectivity index (χ4v) is 2.00. The quantitative estimate of drug-likeness (QED) is 0.651. The summed E-state index contributed by atoms with van der Waals surface area (Å²) in [5.41, 5.74) is 2.00. The maximum atomic E-state index is 11.0. The van der Waals surface area contributed by atoms with Gasteiger partial charge in [0.15, 0.2) is 5.75 Å². The zero-order valence-corrected chi connectivity index (χ0v) is 11.8. The smallest absolute Gasteiger partial charge is 0.312 e. The summed E-state index contributed by atoms with van der Waals surface area (Å²) in [6.07, 6.45) is 0. The average Bonchev–Trinajstić information content (AvgIpc) is 2.48. The molecular formula is C15H16N2O4. The van der Waals surface area contributed by atoms with Gasteiger partial charge in [0.2, 0.25) is 0 Å². The number of para-hydroxylation sites is 1. The molecule has 0 aliphatic heterocycles. The monoisotopic (exact) mass is 288 g/mol. The van der Waals surface area contributed by atoms with E-state index in [2.05, 4.69) is 5.32 Å². The minimum absolute atomic E-state index is 0.101. The summed E-state index contributed by atoms with van der Waals surface area (Å²) < 4.78 is 4.95. The van der Waals surface area contributed by atoms with Crippen molar-refractivity contribution in [3.8, 4) is 11.5 Å². The number of nitro benzene ring substituents is 1. The van der Waals surface area contributed by atoms with E-state index >= 15 is 0 Å². The second kappa shape index (κ2) is 6.13. The Labute approximate surface area is 122 Å². The molecule has 0 aliphatic carbocycles. The van der Waals surface area contributed by atoms with Gasteiger partial charge >= 0.3 is 5.69 Å². The molecule has 2 aromatic carbocycles. The fourth-order valence-electron chi connectivity index (χ4n) is 2.00. The van der Waals surface area contributed by atoms with E-state index < -0.39 is 4.92 Å². The van der Waals surface area contributed by atoms with Crippen molar-refractivity contribution in [3.05, 3.63) is 57.6 Å². The Bertz CT molecular complexity index is 671. The molecule has 0 radical (unpaired) electrons. The van der Waals surface area contributed by atoms with Crippen LogP contribution in [0.5, 0.6) is 11.5 Å². The number of methoxy groups -OCH3 is 1. The lowest BCUT2D eigenvalue weighted by Gasteiger charge is -2.10. The summed E-state index contributed by atoms with van der Waals surface area (Å²) in [5, 5.41) is 24.0. The Kier molecular flexibility index (Phi) is 4.27. The minimum Gasteiger partial charge on any atom is -0.507 e. The van der Waals surface area contributed by atoms with Crippen molar-refractivity contribution in [2.24, 2.45) is 0 Å². The molecule has 0 spiro atoms. The lowest BCUT2D eigenvalue weighted by atomic mass is 10.1. The van der Waals surface area contributed by atoms with Crippen molar-refractivity contribution in [2.45, 2.75) is 13.5 Å². The predicted octanol–water partition coefficient (Wildman–Crippen LogP) is 3.23. The molecule has 2 N–H and O–H groups in total. The third-order valence-electron chi connectivity index (χ3n) is 3.18. The van der Waals surface area contributed by atoms with Crippen molar-refractivity contribution in [2.75, 3.05) is 12.4 Å². The Balaban J connectivity index is 2.19. The standard InChI is InChI=1S/C15H16N2O4/c1-10-4-3-5-11(15(10)18)9-16-12-6-7-14(21-2)13(8-12)17(19)20/h3-8,16,18H,9H2,1-2H3. The number of aromatic hydroxyl groups is 1. The van der Waals surface area contributed by atoms with E-state index in [0.29, 0.717) is 12.2 Å². The molecule has 0 saturated carbocycles. The van der Waals surface area contributed by atoms with Crippen LogP contribution in [0.25, 0.3) is 0 Å². The van der Waals surface area contributed by atoms with Crippen LogP contribution < -0.4 is 10.1 Å². The molecule has 2 aromatic rings. The highest BCUT2D eigenvalue weighted by Gasteiger charge is 2.15. The first-order valence-electron chi connectivity index (χ1n) is 6.36. The van der Waals surface area contributed by atoms with Crippen LogP contribution in [0.1, 0.15) is 11.1 Å². The van der Waals surface area contributed by atoms with Crippen molar-refractivity contribution in [3.63, 3.8) is 0 Å². The zero-order chi connectivity index (χ0) is 15.4. The summed E-state index contributed by atoms with van der Waals surface area (Å²) >= 11 is 0. The molecule has 0 unspecified atom stereocenters. The van der Waals surface area contributed by atoms with E-state index in [0.717, 1.165) is 11.1 Å². The van der Waals surface area contributed by atoms with Crippen molar-refractivity contribution in [1.29, 1.82) is 0 Å². The molecule has 0 amide bonds. The number of nitrogens with zero attached hydrogens (tertiary/aromatic N) is 1. The van der Waals surface area contributed by atoms with Gasteiger partial charge in [-0.2, -0.15) is 0 Å². The highest BCUT2D eigenvalue weighted by Crippen LogP contribution is 2.30. The van der Waals surface area contributed by atoms with Crippen LogP contribution in [0.3, 0.4) is 0 Å². The predicted molar refractivity (Wildman–Crippen MR) is 79.8 cm³/mol. The second-order valence-corrected chi connectivity index (χ2v) is 4.58.